The maximum atomic E-state index is 12.9. The Morgan fingerprint density at radius 1 is 1.45 bits per heavy atom. The Morgan fingerprint density at radius 2 is 2.25 bits per heavy atom. The first-order valence-corrected chi connectivity index (χ1v) is 7.33. The maximum absolute atomic E-state index is 12.9. The van der Waals surface area contributed by atoms with E-state index in [4.69, 9.17) is 11.6 Å². The third kappa shape index (κ3) is 3.79. The number of hydrogen-bond donors (Lipinski definition) is 2. The summed E-state index contributed by atoms with van der Waals surface area (Å²) >= 11 is 7.31. The van der Waals surface area contributed by atoms with E-state index in [1.54, 1.807) is 0 Å². The summed E-state index contributed by atoms with van der Waals surface area (Å²) in [6.45, 7) is 0.309. The van der Waals surface area contributed by atoms with E-state index in [2.05, 4.69) is 5.32 Å². The van der Waals surface area contributed by atoms with Gasteiger partial charge in [-0.1, -0.05) is 11.6 Å². The van der Waals surface area contributed by atoms with E-state index in [1.807, 2.05) is 16.8 Å². The number of nitrogens with one attached hydrogen (secondary N) is 1. The van der Waals surface area contributed by atoms with Gasteiger partial charge in [-0.25, -0.2) is 4.39 Å². The van der Waals surface area contributed by atoms with E-state index < -0.39 is 11.9 Å². The number of rotatable bonds is 5. The van der Waals surface area contributed by atoms with Crippen molar-refractivity contribution in [3.05, 3.63) is 57.0 Å². The molecule has 2 rings (SSSR count). The van der Waals surface area contributed by atoms with Crippen LogP contribution in [0.25, 0.3) is 0 Å². The van der Waals surface area contributed by atoms with Crippen molar-refractivity contribution in [2.75, 3.05) is 6.54 Å². The Kier molecular flexibility index (Phi) is 5.11. The molecular formula is C14H13ClFNO2S. The van der Waals surface area contributed by atoms with Gasteiger partial charge in [0.05, 0.1) is 16.7 Å². The van der Waals surface area contributed by atoms with Crippen LogP contribution in [0, 0.1) is 5.82 Å². The molecule has 1 heterocycles. The van der Waals surface area contributed by atoms with E-state index in [9.17, 15) is 14.3 Å². The molecule has 20 heavy (non-hydrogen) atoms. The average molecular weight is 314 g/mol. The summed E-state index contributed by atoms with van der Waals surface area (Å²) in [5.74, 6) is -0.869. The third-order valence-electron chi connectivity index (χ3n) is 2.81. The van der Waals surface area contributed by atoms with E-state index in [0.717, 1.165) is 11.6 Å². The number of halogens is 2. The minimum atomic E-state index is -0.606. The van der Waals surface area contributed by atoms with E-state index in [1.165, 1.54) is 23.5 Å². The summed E-state index contributed by atoms with van der Waals surface area (Å²) in [6.07, 6.45) is -0.202. The molecule has 0 spiro atoms. The summed E-state index contributed by atoms with van der Waals surface area (Å²) in [5.41, 5.74) is 1.06. The van der Waals surface area contributed by atoms with Gasteiger partial charge in [0.2, 0.25) is 0 Å². The molecule has 0 aliphatic rings. The molecule has 106 valence electrons. The first-order valence-electron chi connectivity index (χ1n) is 6.01. The Morgan fingerprint density at radius 3 is 2.90 bits per heavy atom. The molecule has 1 amide bonds. The summed E-state index contributed by atoms with van der Waals surface area (Å²) in [4.78, 5) is 11.8. The molecule has 2 aromatic rings. The van der Waals surface area contributed by atoms with Crippen LogP contribution in [-0.2, 0) is 0 Å². The van der Waals surface area contributed by atoms with Crippen molar-refractivity contribution in [3.63, 3.8) is 0 Å². The van der Waals surface area contributed by atoms with Crippen LogP contribution in [-0.4, -0.2) is 17.6 Å². The second kappa shape index (κ2) is 6.83. The first-order chi connectivity index (χ1) is 9.58. The molecular weight excluding hydrogens is 301 g/mol. The highest BCUT2D eigenvalue weighted by molar-refractivity contribution is 7.07. The molecule has 0 saturated carbocycles. The topological polar surface area (TPSA) is 49.3 Å². The quantitative estimate of drug-likeness (QED) is 0.889. The van der Waals surface area contributed by atoms with Gasteiger partial charge in [-0.15, -0.1) is 0 Å². The van der Waals surface area contributed by atoms with Gasteiger partial charge >= 0.3 is 0 Å². The Bertz CT molecular complexity index is 589. The summed E-state index contributed by atoms with van der Waals surface area (Å²) in [6, 6.07) is 5.45. The minimum absolute atomic E-state index is 0.0703. The van der Waals surface area contributed by atoms with Gasteiger partial charge in [0, 0.05) is 6.54 Å². The Balaban J connectivity index is 1.86. The van der Waals surface area contributed by atoms with E-state index in [-0.39, 0.29) is 16.5 Å². The van der Waals surface area contributed by atoms with Crippen LogP contribution in [0.2, 0.25) is 5.02 Å². The fourth-order valence-electron chi connectivity index (χ4n) is 1.72. The van der Waals surface area contributed by atoms with Crippen LogP contribution in [0.4, 0.5) is 4.39 Å². The highest BCUT2D eigenvalue weighted by atomic mass is 35.5. The Labute approximate surface area is 125 Å². The van der Waals surface area contributed by atoms with Crippen molar-refractivity contribution in [2.24, 2.45) is 0 Å². The fourth-order valence-corrected chi connectivity index (χ4v) is 2.68. The van der Waals surface area contributed by atoms with Gasteiger partial charge in [-0.3, -0.25) is 4.79 Å². The van der Waals surface area contributed by atoms with Crippen LogP contribution < -0.4 is 5.32 Å². The molecule has 1 aromatic heterocycles. The number of aliphatic hydroxyl groups is 1. The minimum Gasteiger partial charge on any atom is -0.388 e. The SMILES string of the molecule is O=C(NCCC(O)c1ccsc1)c1ccc(F)cc1Cl. The average Bonchev–Trinajstić information content (AvgIpc) is 2.92. The zero-order valence-corrected chi connectivity index (χ0v) is 12.0. The van der Waals surface area contributed by atoms with Gasteiger partial charge < -0.3 is 10.4 Å². The standard InChI is InChI=1S/C14H13ClFNO2S/c15-12-7-10(16)1-2-11(12)14(19)17-5-3-13(18)9-4-6-20-8-9/h1-2,4,6-8,13,18H,3,5H2,(H,17,19). The van der Waals surface area contributed by atoms with Crippen molar-refractivity contribution in [1.29, 1.82) is 0 Å². The Hall–Kier alpha value is -1.43. The molecule has 0 bridgehead atoms. The molecule has 1 aromatic carbocycles. The lowest BCUT2D eigenvalue weighted by atomic mass is 10.1. The molecule has 1 atom stereocenters. The van der Waals surface area contributed by atoms with Gasteiger partial charge in [-0.2, -0.15) is 11.3 Å². The fraction of sp³-hybridized carbons (Fsp3) is 0.214. The molecule has 0 fully saturated rings. The number of amides is 1. The first kappa shape index (κ1) is 15.0. The molecule has 0 radical (unpaired) electrons. The van der Waals surface area contributed by atoms with Crippen LogP contribution >= 0.6 is 22.9 Å². The smallest absolute Gasteiger partial charge is 0.252 e. The number of carbonyl (C=O) groups is 1. The number of aliphatic hydroxyl groups excluding tert-OH is 1. The van der Waals surface area contributed by atoms with Crippen LogP contribution in [0.15, 0.2) is 35.0 Å². The second-order valence-electron chi connectivity index (χ2n) is 4.24. The zero-order chi connectivity index (χ0) is 14.5. The van der Waals surface area contributed by atoms with Gasteiger partial charge in [-0.05, 0) is 47.0 Å². The highest BCUT2D eigenvalue weighted by Crippen LogP contribution is 2.19. The lowest BCUT2D eigenvalue weighted by molar-refractivity contribution is 0.0943. The van der Waals surface area contributed by atoms with Crippen molar-refractivity contribution >= 4 is 28.8 Å². The molecule has 6 heteroatoms. The normalized spacial score (nSPS) is 12.2. The third-order valence-corrected chi connectivity index (χ3v) is 3.82. The monoisotopic (exact) mass is 313 g/mol. The molecule has 1 unspecified atom stereocenters. The molecule has 2 N–H and O–H groups in total. The number of benzene rings is 1. The van der Waals surface area contributed by atoms with Crippen molar-refractivity contribution < 1.29 is 14.3 Å². The largest absolute Gasteiger partial charge is 0.388 e. The van der Waals surface area contributed by atoms with Crippen molar-refractivity contribution in [2.45, 2.75) is 12.5 Å². The molecule has 0 aliphatic heterocycles. The van der Waals surface area contributed by atoms with E-state index in [0.29, 0.717) is 13.0 Å². The predicted molar refractivity (Wildman–Crippen MR) is 77.6 cm³/mol. The second-order valence-corrected chi connectivity index (χ2v) is 5.43. The molecule has 3 nitrogen and oxygen atoms in total. The number of thiophene rings is 1. The van der Waals surface area contributed by atoms with Gasteiger partial charge in [0.25, 0.3) is 5.91 Å². The number of carbonyl (C=O) groups excluding carboxylic acids is 1. The van der Waals surface area contributed by atoms with Crippen LogP contribution in [0.5, 0.6) is 0 Å². The highest BCUT2D eigenvalue weighted by Gasteiger charge is 2.12. The summed E-state index contributed by atoms with van der Waals surface area (Å²) < 4.78 is 12.9. The molecule has 0 aliphatic carbocycles. The van der Waals surface area contributed by atoms with Gasteiger partial charge in [0.15, 0.2) is 0 Å². The van der Waals surface area contributed by atoms with Gasteiger partial charge in [0.1, 0.15) is 5.82 Å². The van der Waals surface area contributed by atoms with Crippen molar-refractivity contribution in [1.82, 2.24) is 5.32 Å². The summed E-state index contributed by atoms with van der Waals surface area (Å²) in [7, 11) is 0. The molecule has 0 saturated heterocycles. The zero-order valence-electron chi connectivity index (χ0n) is 10.5. The maximum Gasteiger partial charge on any atom is 0.252 e. The lowest BCUT2D eigenvalue weighted by Crippen LogP contribution is -2.25. The lowest BCUT2D eigenvalue weighted by Gasteiger charge is -2.10. The van der Waals surface area contributed by atoms with Crippen LogP contribution in [0.3, 0.4) is 0 Å². The van der Waals surface area contributed by atoms with Crippen LogP contribution in [0.1, 0.15) is 28.4 Å². The van der Waals surface area contributed by atoms with Crippen molar-refractivity contribution in [3.8, 4) is 0 Å². The van der Waals surface area contributed by atoms with E-state index >= 15 is 0 Å². The predicted octanol–water partition coefficient (Wildman–Crippen LogP) is 3.39. The number of hydrogen-bond acceptors (Lipinski definition) is 3. The summed E-state index contributed by atoms with van der Waals surface area (Å²) in [5, 5.41) is 16.3.